The molecule has 3 nitrogen and oxygen atoms in total. The minimum Gasteiger partial charge on any atom is -0.493 e. The van der Waals surface area contributed by atoms with Gasteiger partial charge in [0.1, 0.15) is 5.75 Å². The molecule has 0 bridgehead atoms. The van der Waals surface area contributed by atoms with Gasteiger partial charge in [0.15, 0.2) is 0 Å². The molecule has 1 aromatic carbocycles. The van der Waals surface area contributed by atoms with E-state index in [1.54, 1.807) is 0 Å². The van der Waals surface area contributed by atoms with E-state index in [1.165, 1.54) is 0 Å². The number of rotatable bonds is 3. The van der Waals surface area contributed by atoms with Crippen molar-refractivity contribution in [3.8, 4) is 5.75 Å². The van der Waals surface area contributed by atoms with Gasteiger partial charge in [-0.15, -0.1) is 0 Å². The van der Waals surface area contributed by atoms with Gasteiger partial charge in [-0.1, -0.05) is 18.2 Å². The first-order valence-electron chi connectivity index (χ1n) is 5.68. The molecule has 0 saturated heterocycles. The first kappa shape index (κ1) is 11.0. The summed E-state index contributed by atoms with van der Waals surface area (Å²) in [5.41, 5.74) is 1.13. The topological polar surface area (TPSA) is 35.5 Å². The fraction of sp³-hybridized carbons (Fsp3) is 0.462. The Morgan fingerprint density at radius 1 is 1.50 bits per heavy atom. The predicted molar refractivity (Wildman–Crippen MR) is 60.5 cm³/mol. The lowest BCUT2D eigenvalue weighted by atomic mass is 9.90. The van der Waals surface area contributed by atoms with Crippen LogP contribution in [0, 0.1) is 0 Å². The number of para-hydroxylation sites is 1. The highest BCUT2D eigenvalue weighted by molar-refractivity contribution is 5.70. The third-order valence-electron chi connectivity index (χ3n) is 2.80. The molecule has 1 aliphatic rings. The van der Waals surface area contributed by atoms with Crippen LogP contribution >= 0.6 is 0 Å². The van der Waals surface area contributed by atoms with Crippen molar-refractivity contribution in [1.82, 2.24) is 0 Å². The molecule has 1 aliphatic heterocycles. The lowest BCUT2D eigenvalue weighted by Crippen LogP contribution is -2.18. The van der Waals surface area contributed by atoms with Crippen molar-refractivity contribution in [2.45, 2.75) is 25.7 Å². The van der Waals surface area contributed by atoms with Crippen molar-refractivity contribution >= 4 is 5.97 Å². The molecule has 0 amide bonds. The standard InChI is InChI=1S/C13H16O3/c1-2-15-13(14)9-10-7-8-16-12-6-4-3-5-11(10)12/h3-6,10H,2,7-9H2,1H3/t10-/m1/s1. The van der Waals surface area contributed by atoms with Gasteiger partial charge in [0, 0.05) is 5.92 Å². The summed E-state index contributed by atoms with van der Waals surface area (Å²) >= 11 is 0. The van der Waals surface area contributed by atoms with Gasteiger partial charge in [-0.05, 0) is 25.0 Å². The zero-order valence-electron chi connectivity index (χ0n) is 9.44. The quantitative estimate of drug-likeness (QED) is 0.734. The Morgan fingerprint density at radius 2 is 2.31 bits per heavy atom. The molecule has 0 unspecified atom stereocenters. The lowest BCUT2D eigenvalue weighted by molar-refractivity contribution is -0.143. The molecule has 86 valence electrons. The van der Waals surface area contributed by atoms with E-state index in [0.29, 0.717) is 19.6 Å². The number of fused-ring (bicyclic) bond motifs is 1. The molecule has 3 heteroatoms. The average molecular weight is 220 g/mol. The Morgan fingerprint density at radius 3 is 3.12 bits per heavy atom. The number of carbonyl (C=O) groups excluding carboxylic acids is 1. The Kier molecular flexibility index (Phi) is 3.44. The minimum absolute atomic E-state index is 0.121. The summed E-state index contributed by atoms with van der Waals surface area (Å²) in [6.07, 6.45) is 1.34. The van der Waals surface area contributed by atoms with E-state index in [2.05, 4.69) is 0 Å². The van der Waals surface area contributed by atoms with Crippen LogP contribution in [0.15, 0.2) is 24.3 Å². The smallest absolute Gasteiger partial charge is 0.306 e. The summed E-state index contributed by atoms with van der Waals surface area (Å²) in [7, 11) is 0. The van der Waals surface area contributed by atoms with Gasteiger partial charge in [0.25, 0.3) is 0 Å². The van der Waals surface area contributed by atoms with Crippen molar-refractivity contribution in [1.29, 1.82) is 0 Å². The fourth-order valence-electron chi connectivity index (χ4n) is 2.05. The molecule has 1 aromatic rings. The second-order valence-corrected chi connectivity index (χ2v) is 3.88. The lowest BCUT2D eigenvalue weighted by Gasteiger charge is -2.25. The van der Waals surface area contributed by atoms with Crippen LogP contribution in [0.3, 0.4) is 0 Å². The number of hydrogen-bond donors (Lipinski definition) is 0. The number of esters is 1. The number of ether oxygens (including phenoxy) is 2. The van der Waals surface area contributed by atoms with Gasteiger partial charge in [-0.3, -0.25) is 4.79 Å². The number of hydrogen-bond acceptors (Lipinski definition) is 3. The largest absolute Gasteiger partial charge is 0.493 e. The number of carbonyl (C=O) groups is 1. The van der Waals surface area contributed by atoms with Crippen molar-refractivity contribution in [2.75, 3.05) is 13.2 Å². The third-order valence-corrected chi connectivity index (χ3v) is 2.80. The molecule has 1 heterocycles. The zero-order valence-corrected chi connectivity index (χ0v) is 9.44. The zero-order chi connectivity index (χ0) is 11.4. The SMILES string of the molecule is CCOC(=O)C[C@H]1CCOc2ccccc21. The Labute approximate surface area is 95.4 Å². The van der Waals surface area contributed by atoms with Gasteiger partial charge in [-0.2, -0.15) is 0 Å². The van der Waals surface area contributed by atoms with Crippen LogP contribution in [-0.2, 0) is 9.53 Å². The van der Waals surface area contributed by atoms with Crippen molar-refractivity contribution < 1.29 is 14.3 Å². The molecule has 0 N–H and O–H groups in total. The summed E-state index contributed by atoms with van der Waals surface area (Å²) in [5, 5.41) is 0. The maximum absolute atomic E-state index is 11.5. The molecule has 0 spiro atoms. The number of benzene rings is 1. The highest BCUT2D eigenvalue weighted by Gasteiger charge is 2.23. The highest BCUT2D eigenvalue weighted by Crippen LogP contribution is 2.35. The van der Waals surface area contributed by atoms with Gasteiger partial charge >= 0.3 is 5.97 Å². The molecule has 0 fully saturated rings. The van der Waals surface area contributed by atoms with E-state index < -0.39 is 0 Å². The van der Waals surface area contributed by atoms with E-state index in [4.69, 9.17) is 9.47 Å². The molecular formula is C13H16O3. The van der Waals surface area contributed by atoms with E-state index in [0.717, 1.165) is 17.7 Å². The monoisotopic (exact) mass is 220 g/mol. The predicted octanol–water partition coefficient (Wildman–Crippen LogP) is 2.51. The summed E-state index contributed by atoms with van der Waals surface area (Å²) in [6, 6.07) is 7.91. The molecule has 0 aromatic heterocycles. The van der Waals surface area contributed by atoms with Crippen molar-refractivity contribution in [3.05, 3.63) is 29.8 Å². The van der Waals surface area contributed by atoms with Crippen molar-refractivity contribution in [2.24, 2.45) is 0 Å². The normalized spacial score (nSPS) is 18.4. The third kappa shape index (κ3) is 2.35. The van der Waals surface area contributed by atoms with Gasteiger partial charge < -0.3 is 9.47 Å². The Hall–Kier alpha value is -1.51. The van der Waals surface area contributed by atoms with E-state index in [1.807, 2.05) is 31.2 Å². The maximum atomic E-state index is 11.5. The molecular weight excluding hydrogens is 204 g/mol. The van der Waals surface area contributed by atoms with Crippen LogP contribution in [0.4, 0.5) is 0 Å². The summed E-state index contributed by atoms with van der Waals surface area (Å²) < 4.78 is 10.5. The van der Waals surface area contributed by atoms with E-state index >= 15 is 0 Å². The highest BCUT2D eigenvalue weighted by atomic mass is 16.5. The van der Waals surface area contributed by atoms with Crippen molar-refractivity contribution in [3.63, 3.8) is 0 Å². The van der Waals surface area contributed by atoms with Crippen LogP contribution in [-0.4, -0.2) is 19.2 Å². The molecule has 1 atom stereocenters. The Balaban J connectivity index is 2.10. The summed E-state index contributed by atoms with van der Waals surface area (Å²) in [6.45, 7) is 2.96. The molecule has 2 rings (SSSR count). The van der Waals surface area contributed by atoms with E-state index in [-0.39, 0.29) is 11.9 Å². The molecule has 0 saturated carbocycles. The average Bonchev–Trinajstić information content (AvgIpc) is 2.30. The first-order valence-corrected chi connectivity index (χ1v) is 5.68. The second-order valence-electron chi connectivity index (χ2n) is 3.88. The molecule has 0 radical (unpaired) electrons. The summed E-state index contributed by atoms with van der Waals surface area (Å²) in [5.74, 6) is 1.02. The van der Waals surface area contributed by atoms with E-state index in [9.17, 15) is 4.79 Å². The van der Waals surface area contributed by atoms with Gasteiger partial charge in [-0.25, -0.2) is 0 Å². The van der Waals surface area contributed by atoms with Crippen LogP contribution in [0.5, 0.6) is 5.75 Å². The van der Waals surface area contributed by atoms with Gasteiger partial charge in [0.05, 0.1) is 19.6 Å². The second kappa shape index (κ2) is 5.01. The molecule has 0 aliphatic carbocycles. The first-order chi connectivity index (χ1) is 7.81. The van der Waals surface area contributed by atoms with Gasteiger partial charge in [0.2, 0.25) is 0 Å². The minimum atomic E-state index is -0.121. The van der Waals surface area contributed by atoms with Crippen LogP contribution in [0.25, 0.3) is 0 Å². The van der Waals surface area contributed by atoms with Crippen LogP contribution < -0.4 is 4.74 Å². The van der Waals surface area contributed by atoms with Crippen LogP contribution in [0.1, 0.15) is 31.2 Å². The van der Waals surface area contributed by atoms with Crippen LogP contribution in [0.2, 0.25) is 0 Å². The fourth-order valence-corrected chi connectivity index (χ4v) is 2.05. The maximum Gasteiger partial charge on any atom is 0.306 e. The molecule has 16 heavy (non-hydrogen) atoms. The Bertz CT molecular complexity index is 373. The summed E-state index contributed by atoms with van der Waals surface area (Å²) in [4.78, 5) is 11.5.